The van der Waals surface area contributed by atoms with Crippen molar-refractivity contribution in [3.05, 3.63) is 41.4 Å². The molecule has 1 saturated heterocycles. The number of aliphatic hydroxyl groups is 1. The summed E-state index contributed by atoms with van der Waals surface area (Å²) in [7, 11) is 0. The van der Waals surface area contributed by atoms with Crippen molar-refractivity contribution >= 4 is 39.2 Å². The zero-order valence-electron chi connectivity index (χ0n) is 14.7. The molecule has 4 aromatic rings. The topological polar surface area (TPSA) is 80.8 Å². The van der Waals surface area contributed by atoms with Crippen LogP contribution in [-0.4, -0.2) is 45.0 Å². The first-order valence-corrected chi connectivity index (χ1v) is 9.58. The Labute approximate surface area is 161 Å². The Hall–Kier alpha value is -2.57. The van der Waals surface area contributed by atoms with Gasteiger partial charge in [0.25, 0.3) is 0 Å². The molecule has 0 unspecified atom stereocenters. The summed E-state index contributed by atoms with van der Waals surface area (Å²) in [5, 5.41) is 18.4. The quantitative estimate of drug-likeness (QED) is 0.501. The second kappa shape index (κ2) is 6.55. The summed E-state index contributed by atoms with van der Waals surface area (Å²) >= 11 is 6.06. The van der Waals surface area contributed by atoms with Crippen LogP contribution in [0.2, 0.25) is 5.02 Å². The van der Waals surface area contributed by atoms with E-state index >= 15 is 0 Å². The number of aliphatic hydroxyl groups excluding tert-OH is 1. The van der Waals surface area contributed by atoms with E-state index in [2.05, 4.69) is 38.3 Å². The number of nitrogens with zero attached hydrogens (tertiary/aromatic N) is 3. The summed E-state index contributed by atoms with van der Waals surface area (Å²) in [5.74, 6) is 1.18. The Morgan fingerprint density at radius 3 is 2.78 bits per heavy atom. The van der Waals surface area contributed by atoms with Crippen LogP contribution in [0.3, 0.4) is 0 Å². The highest BCUT2D eigenvalue weighted by atomic mass is 35.5. The summed E-state index contributed by atoms with van der Waals surface area (Å²) in [6, 6.07) is 12.0. The Bertz CT molecular complexity index is 1110. The monoisotopic (exact) mass is 381 g/mol. The number of aromatic nitrogens is 4. The second-order valence-electron chi connectivity index (χ2n) is 7.16. The van der Waals surface area contributed by atoms with E-state index in [4.69, 9.17) is 16.6 Å². The molecule has 6 nitrogen and oxygen atoms in total. The summed E-state index contributed by atoms with van der Waals surface area (Å²) in [4.78, 5) is 10.5. The number of hydrogen-bond donors (Lipinski definition) is 3. The number of anilines is 1. The minimum Gasteiger partial charge on any atom is -0.396 e. The predicted octanol–water partition coefficient (Wildman–Crippen LogP) is 3.97. The highest BCUT2D eigenvalue weighted by molar-refractivity contribution is 6.31. The molecule has 0 bridgehead atoms. The molecule has 1 aliphatic heterocycles. The van der Waals surface area contributed by atoms with E-state index in [1.54, 1.807) is 0 Å². The molecule has 2 aromatic carbocycles. The predicted molar refractivity (Wildman–Crippen MR) is 108 cm³/mol. The van der Waals surface area contributed by atoms with Gasteiger partial charge in [-0.25, -0.2) is 4.98 Å². The van der Waals surface area contributed by atoms with Crippen LogP contribution in [0.5, 0.6) is 0 Å². The van der Waals surface area contributed by atoms with E-state index in [1.165, 1.54) is 5.69 Å². The molecule has 1 fully saturated rings. The van der Waals surface area contributed by atoms with Gasteiger partial charge in [0.15, 0.2) is 5.82 Å². The maximum absolute atomic E-state index is 9.33. The minimum atomic E-state index is 0.291. The number of piperidine rings is 1. The van der Waals surface area contributed by atoms with Crippen LogP contribution in [0.15, 0.2) is 36.4 Å². The number of benzene rings is 2. The van der Waals surface area contributed by atoms with E-state index in [0.29, 0.717) is 17.5 Å². The number of nitrogens with one attached hydrogen (secondary N) is 2. The van der Waals surface area contributed by atoms with Crippen LogP contribution in [0.25, 0.3) is 33.5 Å². The van der Waals surface area contributed by atoms with Crippen LogP contribution in [-0.2, 0) is 0 Å². The summed E-state index contributed by atoms with van der Waals surface area (Å²) in [5.41, 5.74) is 4.79. The molecular formula is C20H20ClN5O. The fourth-order valence-corrected chi connectivity index (χ4v) is 4.02. The third-order valence-corrected chi connectivity index (χ3v) is 5.69. The molecule has 0 atom stereocenters. The van der Waals surface area contributed by atoms with Crippen molar-refractivity contribution in [2.45, 2.75) is 12.8 Å². The van der Waals surface area contributed by atoms with Gasteiger partial charge in [0.2, 0.25) is 0 Å². The number of aromatic amines is 2. The molecule has 0 spiro atoms. The molecule has 1 aliphatic rings. The summed E-state index contributed by atoms with van der Waals surface area (Å²) in [6.45, 7) is 2.24. The second-order valence-corrected chi connectivity index (χ2v) is 7.60. The first kappa shape index (κ1) is 16.6. The van der Waals surface area contributed by atoms with Gasteiger partial charge in [0.05, 0.1) is 16.6 Å². The van der Waals surface area contributed by atoms with Crippen molar-refractivity contribution in [2.75, 3.05) is 24.6 Å². The molecule has 0 radical (unpaired) electrons. The molecule has 138 valence electrons. The van der Waals surface area contributed by atoms with E-state index in [0.717, 1.165) is 59.4 Å². The Balaban J connectivity index is 1.48. The largest absolute Gasteiger partial charge is 0.396 e. The number of H-pyrrole nitrogens is 2. The van der Waals surface area contributed by atoms with Gasteiger partial charge < -0.3 is 15.0 Å². The Morgan fingerprint density at radius 1 is 1.11 bits per heavy atom. The molecule has 5 rings (SSSR count). The zero-order chi connectivity index (χ0) is 18.4. The molecule has 2 aromatic heterocycles. The molecule has 0 amide bonds. The first-order valence-electron chi connectivity index (χ1n) is 9.21. The third-order valence-electron chi connectivity index (χ3n) is 5.45. The smallest absolute Gasteiger partial charge is 0.159 e. The van der Waals surface area contributed by atoms with Gasteiger partial charge in [0.1, 0.15) is 5.69 Å². The zero-order valence-corrected chi connectivity index (χ0v) is 15.5. The van der Waals surface area contributed by atoms with E-state index in [9.17, 15) is 5.11 Å². The molecule has 0 aliphatic carbocycles. The Morgan fingerprint density at radius 2 is 1.96 bits per heavy atom. The van der Waals surface area contributed by atoms with Gasteiger partial charge in [-0.1, -0.05) is 11.6 Å². The highest BCUT2D eigenvalue weighted by Crippen LogP contribution is 2.30. The number of fused-ring (bicyclic) bond motifs is 2. The average molecular weight is 382 g/mol. The van der Waals surface area contributed by atoms with Crippen LogP contribution in [0.4, 0.5) is 5.69 Å². The van der Waals surface area contributed by atoms with Crippen molar-refractivity contribution < 1.29 is 5.11 Å². The Kier molecular flexibility index (Phi) is 4.02. The van der Waals surface area contributed by atoms with Crippen molar-refractivity contribution in [1.29, 1.82) is 0 Å². The van der Waals surface area contributed by atoms with Crippen LogP contribution < -0.4 is 4.90 Å². The third kappa shape index (κ3) is 2.95. The van der Waals surface area contributed by atoms with Gasteiger partial charge in [-0.2, -0.15) is 5.10 Å². The van der Waals surface area contributed by atoms with Crippen LogP contribution in [0, 0.1) is 5.92 Å². The standard InChI is InChI=1S/C20H20ClN5O/c21-13-1-3-15-17(9-13)24-25-19(15)20-22-16-4-2-14(10-18(16)23-20)26-7-5-12(11-27)6-8-26/h1-4,9-10,12,27H,5-8,11H2,(H,22,23)(H,24,25). The number of rotatable bonds is 3. The van der Waals surface area contributed by atoms with Gasteiger partial charge in [-0.05, 0) is 55.2 Å². The van der Waals surface area contributed by atoms with E-state index < -0.39 is 0 Å². The highest BCUT2D eigenvalue weighted by Gasteiger charge is 2.19. The number of hydrogen-bond acceptors (Lipinski definition) is 4. The van der Waals surface area contributed by atoms with Crippen LogP contribution >= 0.6 is 11.6 Å². The van der Waals surface area contributed by atoms with Crippen molar-refractivity contribution in [3.63, 3.8) is 0 Å². The maximum Gasteiger partial charge on any atom is 0.159 e. The summed E-state index contributed by atoms with van der Waals surface area (Å²) < 4.78 is 0. The SMILES string of the molecule is OCC1CCN(c2ccc3nc(-c4n[nH]c5cc(Cl)ccc45)[nH]c3c2)CC1. The van der Waals surface area contributed by atoms with Crippen LogP contribution in [0.1, 0.15) is 12.8 Å². The molecular weight excluding hydrogens is 362 g/mol. The van der Waals surface area contributed by atoms with E-state index in [-0.39, 0.29) is 0 Å². The number of halogens is 1. The first-order chi connectivity index (χ1) is 13.2. The fourth-order valence-electron chi connectivity index (χ4n) is 3.85. The molecule has 0 saturated carbocycles. The molecule has 7 heteroatoms. The lowest BCUT2D eigenvalue weighted by atomic mass is 9.97. The normalized spacial score (nSPS) is 15.9. The lowest BCUT2D eigenvalue weighted by Gasteiger charge is -2.32. The lowest BCUT2D eigenvalue weighted by Crippen LogP contribution is -2.34. The van der Waals surface area contributed by atoms with E-state index in [1.807, 2.05) is 18.2 Å². The van der Waals surface area contributed by atoms with Crippen molar-refractivity contribution in [1.82, 2.24) is 20.2 Å². The molecule has 3 heterocycles. The van der Waals surface area contributed by atoms with Gasteiger partial charge in [-0.3, -0.25) is 5.10 Å². The van der Waals surface area contributed by atoms with Gasteiger partial charge in [-0.15, -0.1) is 0 Å². The fraction of sp³-hybridized carbons (Fsp3) is 0.300. The maximum atomic E-state index is 9.33. The molecule has 27 heavy (non-hydrogen) atoms. The van der Waals surface area contributed by atoms with Gasteiger partial charge in [0, 0.05) is 35.8 Å². The van der Waals surface area contributed by atoms with Crippen molar-refractivity contribution in [3.8, 4) is 11.5 Å². The summed E-state index contributed by atoms with van der Waals surface area (Å²) in [6.07, 6.45) is 2.06. The minimum absolute atomic E-state index is 0.291. The van der Waals surface area contributed by atoms with Gasteiger partial charge >= 0.3 is 0 Å². The molecule has 3 N–H and O–H groups in total. The number of imidazole rings is 1. The lowest BCUT2D eigenvalue weighted by molar-refractivity contribution is 0.203. The van der Waals surface area contributed by atoms with Crippen molar-refractivity contribution in [2.24, 2.45) is 5.92 Å². The average Bonchev–Trinajstić information content (AvgIpc) is 3.30.